The quantitative estimate of drug-likeness (QED) is 0.645. The molecule has 0 N–H and O–H groups in total. The van der Waals surface area contributed by atoms with Crippen molar-refractivity contribution >= 4 is 0 Å². The highest BCUT2D eigenvalue weighted by Gasteiger charge is 2.26. The first-order valence-electron chi connectivity index (χ1n) is 11.0. The van der Waals surface area contributed by atoms with Crippen LogP contribution in [-0.4, -0.2) is 71.8 Å². The van der Waals surface area contributed by atoms with Crippen molar-refractivity contribution in [3.05, 3.63) is 60.4 Å². The minimum atomic E-state index is 0.741. The number of hydrogen-bond donors (Lipinski definition) is 0. The molecule has 0 amide bonds. The lowest BCUT2D eigenvalue weighted by Crippen LogP contribution is -2.42. The molecule has 3 aromatic rings. The highest BCUT2D eigenvalue weighted by molar-refractivity contribution is 5.14. The smallest absolute Gasteiger partial charge is 0.165 e. The predicted octanol–water partition coefficient (Wildman–Crippen LogP) is 2.20. The molecule has 0 atom stereocenters. The van der Waals surface area contributed by atoms with Crippen LogP contribution in [0.3, 0.4) is 0 Å². The Morgan fingerprint density at radius 1 is 0.967 bits per heavy atom. The fourth-order valence-corrected chi connectivity index (χ4v) is 4.01. The standard InChI is InChI=1S/C18H26N6.C4H6N2/c1-2-6-16(7-3-1)14-24-18(19-20-21-24)15-22-10-5-11-23(13-12-22)17-8-4-9-17;1-6-3-2-5-4-6/h1-3,6-7,17H,4-5,8-15H2;2-4H,1H3. The van der Waals surface area contributed by atoms with E-state index in [-0.39, 0.29) is 0 Å². The van der Waals surface area contributed by atoms with Gasteiger partial charge in [-0.2, -0.15) is 0 Å². The van der Waals surface area contributed by atoms with Gasteiger partial charge in [-0.1, -0.05) is 36.8 Å². The van der Waals surface area contributed by atoms with E-state index in [1.54, 1.807) is 12.5 Å². The molecule has 160 valence electrons. The molecule has 1 aliphatic carbocycles. The van der Waals surface area contributed by atoms with Crippen molar-refractivity contribution in [3.8, 4) is 0 Å². The van der Waals surface area contributed by atoms with E-state index in [9.17, 15) is 0 Å². The van der Waals surface area contributed by atoms with Crippen molar-refractivity contribution in [2.75, 3.05) is 26.2 Å². The third kappa shape index (κ3) is 5.73. The number of benzene rings is 1. The number of aromatic nitrogens is 6. The minimum absolute atomic E-state index is 0.741. The summed E-state index contributed by atoms with van der Waals surface area (Å²) in [7, 11) is 1.94. The molecule has 3 heterocycles. The summed E-state index contributed by atoms with van der Waals surface area (Å²) < 4.78 is 3.82. The summed E-state index contributed by atoms with van der Waals surface area (Å²) in [6.07, 6.45) is 10.8. The van der Waals surface area contributed by atoms with Gasteiger partial charge in [0.25, 0.3) is 0 Å². The molecule has 5 rings (SSSR count). The van der Waals surface area contributed by atoms with Gasteiger partial charge >= 0.3 is 0 Å². The zero-order chi connectivity index (χ0) is 20.6. The Morgan fingerprint density at radius 2 is 1.83 bits per heavy atom. The Labute approximate surface area is 178 Å². The number of aryl methyl sites for hydroxylation is 1. The first kappa shape index (κ1) is 20.7. The molecule has 0 unspecified atom stereocenters. The van der Waals surface area contributed by atoms with Crippen LogP contribution < -0.4 is 0 Å². The maximum absolute atomic E-state index is 4.27. The van der Waals surface area contributed by atoms with Gasteiger partial charge in [0.2, 0.25) is 0 Å². The van der Waals surface area contributed by atoms with Crippen molar-refractivity contribution in [2.24, 2.45) is 7.05 Å². The van der Waals surface area contributed by atoms with Gasteiger partial charge in [0.15, 0.2) is 5.82 Å². The lowest BCUT2D eigenvalue weighted by Gasteiger charge is -2.36. The fraction of sp³-hybridized carbons (Fsp3) is 0.545. The van der Waals surface area contributed by atoms with Crippen LogP contribution in [0.1, 0.15) is 37.1 Å². The second-order valence-electron chi connectivity index (χ2n) is 8.22. The largest absolute Gasteiger partial charge is 0.341 e. The fourth-order valence-electron chi connectivity index (χ4n) is 4.01. The van der Waals surface area contributed by atoms with Gasteiger partial charge < -0.3 is 4.57 Å². The van der Waals surface area contributed by atoms with Crippen molar-refractivity contribution in [2.45, 2.75) is 44.8 Å². The molecule has 30 heavy (non-hydrogen) atoms. The molecule has 2 fully saturated rings. The van der Waals surface area contributed by atoms with E-state index >= 15 is 0 Å². The lowest BCUT2D eigenvalue weighted by atomic mass is 9.91. The van der Waals surface area contributed by atoms with Gasteiger partial charge in [-0.15, -0.1) is 5.10 Å². The van der Waals surface area contributed by atoms with Crippen molar-refractivity contribution in [3.63, 3.8) is 0 Å². The maximum atomic E-state index is 4.27. The van der Waals surface area contributed by atoms with Crippen LogP contribution in [0.2, 0.25) is 0 Å². The van der Waals surface area contributed by atoms with E-state index in [0.717, 1.165) is 38.0 Å². The Kier molecular flexibility index (Phi) is 7.20. The molecule has 8 heteroatoms. The molecule has 2 aromatic heterocycles. The minimum Gasteiger partial charge on any atom is -0.341 e. The molecule has 1 aliphatic heterocycles. The molecule has 0 bridgehead atoms. The van der Waals surface area contributed by atoms with Crippen LogP contribution in [0.15, 0.2) is 49.1 Å². The average molecular weight is 409 g/mol. The van der Waals surface area contributed by atoms with Crippen LogP contribution in [0.5, 0.6) is 0 Å². The van der Waals surface area contributed by atoms with Crippen LogP contribution >= 0.6 is 0 Å². The van der Waals surface area contributed by atoms with E-state index in [1.807, 2.05) is 28.6 Å². The van der Waals surface area contributed by atoms with Crippen LogP contribution in [-0.2, 0) is 20.1 Å². The first-order valence-corrected chi connectivity index (χ1v) is 11.0. The molecule has 2 aliphatic rings. The summed E-state index contributed by atoms with van der Waals surface area (Å²) in [6.45, 7) is 6.28. The second-order valence-corrected chi connectivity index (χ2v) is 8.22. The number of tetrazole rings is 1. The molecular weight excluding hydrogens is 376 g/mol. The summed E-state index contributed by atoms with van der Waals surface area (Å²) in [4.78, 5) is 8.98. The molecule has 1 saturated heterocycles. The third-order valence-corrected chi connectivity index (χ3v) is 6.00. The number of imidazole rings is 1. The molecule has 0 spiro atoms. The summed E-state index contributed by atoms with van der Waals surface area (Å²) in [5.74, 6) is 0.968. The van der Waals surface area contributed by atoms with Gasteiger partial charge in [-0.3, -0.25) is 9.80 Å². The van der Waals surface area contributed by atoms with E-state index in [1.165, 1.54) is 44.3 Å². The van der Waals surface area contributed by atoms with E-state index in [0.29, 0.717) is 0 Å². The predicted molar refractivity (Wildman–Crippen MR) is 116 cm³/mol. The SMILES string of the molecule is Cn1ccnc1.c1ccc(Cn2nnnc2CN2CCCN(C3CCC3)CC2)cc1. The monoisotopic (exact) mass is 408 g/mol. The van der Waals surface area contributed by atoms with Gasteiger partial charge in [-0.05, 0) is 48.3 Å². The van der Waals surface area contributed by atoms with Gasteiger partial charge in [0.1, 0.15) is 0 Å². The highest BCUT2D eigenvalue weighted by Crippen LogP contribution is 2.25. The zero-order valence-corrected chi connectivity index (χ0v) is 17.8. The van der Waals surface area contributed by atoms with E-state index < -0.39 is 0 Å². The van der Waals surface area contributed by atoms with Gasteiger partial charge in [0, 0.05) is 38.6 Å². The summed E-state index contributed by atoms with van der Waals surface area (Å²) in [5.41, 5.74) is 1.23. The number of nitrogens with zero attached hydrogens (tertiary/aromatic N) is 8. The Hall–Kier alpha value is -2.58. The Balaban J connectivity index is 0.000000313. The first-order chi connectivity index (χ1) is 14.8. The van der Waals surface area contributed by atoms with Crippen molar-refractivity contribution in [1.29, 1.82) is 0 Å². The summed E-state index contributed by atoms with van der Waals surface area (Å²) in [5, 5.41) is 12.3. The molecular formula is C22H32N8. The Morgan fingerprint density at radius 3 is 2.50 bits per heavy atom. The van der Waals surface area contributed by atoms with Crippen molar-refractivity contribution < 1.29 is 0 Å². The molecule has 1 aromatic carbocycles. The van der Waals surface area contributed by atoms with Crippen LogP contribution in [0, 0.1) is 0 Å². The molecule has 1 saturated carbocycles. The van der Waals surface area contributed by atoms with Gasteiger partial charge in [-0.25, -0.2) is 9.67 Å². The summed E-state index contributed by atoms with van der Waals surface area (Å²) >= 11 is 0. The van der Waals surface area contributed by atoms with E-state index in [4.69, 9.17) is 0 Å². The molecule has 8 nitrogen and oxygen atoms in total. The average Bonchev–Trinajstić information content (AvgIpc) is 3.31. The number of hydrogen-bond acceptors (Lipinski definition) is 6. The van der Waals surface area contributed by atoms with Crippen LogP contribution in [0.25, 0.3) is 0 Å². The molecule has 0 radical (unpaired) electrons. The Bertz CT molecular complexity index is 856. The highest BCUT2D eigenvalue weighted by atomic mass is 15.5. The summed E-state index contributed by atoms with van der Waals surface area (Å²) in [6, 6.07) is 11.2. The number of rotatable bonds is 5. The van der Waals surface area contributed by atoms with E-state index in [2.05, 4.69) is 54.6 Å². The topological polar surface area (TPSA) is 67.9 Å². The normalized spacial score (nSPS) is 18.3. The lowest BCUT2D eigenvalue weighted by molar-refractivity contribution is 0.130. The second kappa shape index (κ2) is 10.4. The van der Waals surface area contributed by atoms with Crippen LogP contribution in [0.4, 0.5) is 0 Å². The van der Waals surface area contributed by atoms with Gasteiger partial charge in [0.05, 0.1) is 19.4 Å². The zero-order valence-electron chi connectivity index (χ0n) is 17.8. The maximum Gasteiger partial charge on any atom is 0.165 e. The van der Waals surface area contributed by atoms with Crippen molar-refractivity contribution in [1.82, 2.24) is 39.6 Å². The third-order valence-electron chi connectivity index (χ3n) is 6.00.